The molecule has 148 valence electrons. The molecule has 2 atom stereocenters. The molecule has 3 N–H and O–H groups in total. The van der Waals surface area contributed by atoms with Gasteiger partial charge in [0.05, 0.1) is 11.6 Å². The van der Waals surface area contributed by atoms with Gasteiger partial charge < -0.3 is 16.0 Å². The highest BCUT2D eigenvalue weighted by Crippen LogP contribution is 2.30. The number of rotatable bonds is 7. The van der Waals surface area contributed by atoms with Gasteiger partial charge in [-0.25, -0.2) is 9.97 Å². The fraction of sp³-hybridized carbons (Fsp3) is 0.684. The van der Waals surface area contributed by atoms with E-state index in [2.05, 4.69) is 42.9 Å². The van der Waals surface area contributed by atoms with Crippen LogP contribution in [0.25, 0.3) is 11.0 Å². The quantitative estimate of drug-likeness (QED) is 0.392. The highest BCUT2D eigenvalue weighted by atomic mass is 15.3. The number of nitrogens with zero attached hydrogens (tertiary/aromatic N) is 5. The summed E-state index contributed by atoms with van der Waals surface area (Å²) in [6.07, 6.45) is 10.1. The summed E-state index contributed by atoms with van der Waals surface area (Å²) in [7, 11) is 3.69. The molecule has 2 heterocycles. The number of nitrogens with one attached hydrogen (secondary N) is 3. The molecule has 0 aliphatic heterocycles. The molecule has 1 fully saturated rings. The summed E-state index contributed by atoms with van der Waals surface area (Å²) < 4.78 is 1.75. The van der Waals surface area contributed by atoms with Gasteiger partial charge in [0.25, 0.3) is 0 Å². The maximum atomic E-state index is 4.32. The molecule has 1 saturated carbocycles. The average Bonchev–Trinajstić information content (AvgIpc) is 3.05. The molecule has 1 aliphatic rings. The summed E-state index contributed by atoms with van der Waals surface area (Å²) in [4.78, 5) is 12.9. The Balaban J connectivity index is 1.37. The number of fused-ring (bicyclic) bond motifs is 1. The Kier molecular flexibility index (Phi) is 6.84. The molecule has 0 amide bonds. The van der Waals surface area contributed by atoms with Crippen molar-refractivity contribution >= 4 is 22.8 Å². The molecule has 27 heavy (non-hydrogen) atoms. The Hall–Kier alpha value is -2.38. The van der Waals surface area contributed by atoms with Gasteiger partial charge in [-0.3, -0.25) is 9.67 Å². The van der Waals surface area contributed by atoms with Crippen LogP contribution in [-0.4, -0.2) is 52.4 Å². The first-order valence-corrected chi connectivity index (χ1v) is 9.98. The van der Waals surface area contributed by atoms with E-state index in [4.69, 9.17) is 0 Å². The number of aromatic nitrogens is 4. The Morgan fingerprint density at radius 1 is 1.22 bits per heavy atom. The zero-order chi connectivity index (χ0) is 19.1. The summed E-state index contributed by atoms with van der Waals surface area (Å²) in [6.45, 7) is 4.85. The Morgan fingerprint density at radius 2 is 2.07 bits per heavy atom. The van der Waals surface area contributed by atoms with Crippen molar-refractivity contribution in [1.82, 2.24) is 30.4 Å². The summed E-state index contributed by atoms with van der Waals surface area (Å²) >= 11 is 0. The number of aryl methyl sites for hydroxylation is 1. The summed E-state index contributed by atoms with van der Waals surface area (Å²) in [5.41, 5.74) is 0.829. The van der Waals surface area contributed by atoms with Crippen LogP contribution in [0.4, 0.5) is 5.82 Å². The Labute approximate surface area is 161 Å². The van der Waals surface area contributed by atoms with Crippen molar-refractivity contribution in [1.29, 1.82) is 0 Å². The monoisotopic (exact) mass is 372 g/mol. The zero-order valence-corrected chi connectivity index (χ0v) is 16.7. The maximum absolute atomic E-state index is 4.32. The first-order chi connectivity index (χ1) is 13.2. The lowest BCUT2D eigenvalue weighted by atomic mass is 9.81. The van der Waals surface area contributed by atoms with Crippen molar-refractivity contribution in [2.24, 2.45) is 23.9 Å². The van der Waals surface area contributed by atoms with Crippen LogP contribution in [0.5, 0.6) is 0 Å². The van der Waals surface area contributed by atoms with Crippen LogP contribution >= 0.6 is 0 Å². The molecule has 2 aromatic rings. The third kappa shape index (κ3) is 5.30. The van der Waals surface area contributed by atoms with Crippen LogP contribution in [0.1, 0.15) is 39.0 Å². The van der Waals surface area contributed by atoms with Crippen LogP contribution < -0.4 is 16.0 Å². The lowest BCUT2D eigenvalue weighted by Crippen LogP contribution is -2.40. The van der Waals surface area contributed by atoms with E-state index in [0.717, 1.165) is 54.3 Å². The second kappa shape index (κ2) is 9.53. The summed E-state index contributed by atoms with van der Waals surface area (Å²) in [5, 5.41) is 15.3. The van der Waals surface area contributed by atoms with Gasteiger partial charge in [0.2, 0.25) is 0 Å². The largest absolute Gasteiger partial charge is 0.368 e. The number of hydrogen-bond donors (Lipinski definition) is 3. The van der Waals surface area contributed by atoms with Gasteiger partial charge in [0, 0.05) is 33.7 Å². The molecule has 0 radical (unpaired) electrons. The molecule has 1 aliphatic carbocycles. The normalized spacial score (nSPS) is 20.6. The van der Waals surface area contributed by atoms with E-state index >= 15 is 0 Å². The lowest BCUT2D eigenvalue weighted by molar-refractivity contribution is 0.270. The fourth-order valence-electron chi connectivity index (χ4n) is 3.90. The molecular formula is C19H32N8. The molecule has 8 heteroatoms. The van der Waals surface area contributed by atoms with Crippen molar-refractivity contribution in [2.75, 3.05) is 32.0 Å². The highest BCUT2D eigenvalue weighted by Gasteiger charge is 2.18. The summed E-state index contributed by atoms with van der Waals surface area (Å²) in [6, 6.07) is 0. The minimum atomic E-state index is 0.738. The highest BCUT2D eigenvalue weighted by molar-refractivity contribution is 5.86. The van der Waals surface area contributed by atoms with E-state index in [1.54, 1.807) is 17.2 Å². The Bertz CT molecular complexity index is 753. The van der Waals surface area contributed by atoms with E-state index in [1.165, 1.54) is 32.1 Å². The van der Waals surface area contributed by atoms with Gasteiger partial charge in [-0.2, -0.15) is 5.10 Å². The van der Waals surface area contributed by atoms with Crippen LogP contribution in [0, 0.1) is 11.8 Å². The summed E-state index contributed by atoms with van der Waals surface area (Å²) in [5.74, 6) is 3.42. The molecule has 0 aromatic carbocycles. The number of guanidine groups is 1. The van der Waals surface area contributed by atoms with Crippen molar-refractivity contribution < 1.29 is 0 Å². The van der Waals surface area contributed by atoms with Crippen molar-refractivity contribution in [3.63, 3.8) is 0 Å². The second-order valence-corrected chi connectivity index (χ2v) is 7.51. The predicted molar refractivity (Wildman–Crippen MR) is 110 cm³/mol. The smallest absolute Gasteiger partial charge is 0.191 e. The molecule has 3 rings (SSSR count). The standard InChI is InChI=1S/C19H32N8/c1-14-5-4-6-15(11-14)7-8-22-19(20-2)23-10-9-21-17-16-12-26-27(3)18(16)25-13-24-17/h12-15H,4-11H2,1-3H3,(H2,20,22,23)(H,21,24,25). The fourth-order valence-corrected chi connectivity index (χ4v) is 3.90. The average molecular weight is 373 g/mol. The molecule has 2 aromatic heterocycles. The molecule has 0 spiro atoms. The Morgan fingerprint density at radius 3 is 2.89 bits per heavy atom. The van der Waals surface area contributed by atoms with E-state index in [-0.39, 0.29) is 0 Å². The predicted octanol–water partition coefficient (Wildman–Crippen LogP) is 2.16. The van der Waals surface area contributed by atoms with Gasteiger partial charge in [-0.05, 0) is 24.7 Å². The van der Waals surface area contributed by atoms with Gasteiger partial charge in [-0.1, -0.05) is 26.2 Å². The molecule has 8 nitrogen and oxygen atoms in total. The van der Waals surface area contributed by atoms with Crippen molar-refractivity contribution in [2.45, 2.75) is 39.0 Å². The van der Waals surface area contributed by atoms with Crippen LogP contribution in [0.3, 0.4) is 0 Å². The van der Waals surface area contributed by atoms with Crippen LogP contribution in [-0.2, 0) is 7.05 Å². The van der Waals surface area contributed by atoms with Gasteiger partial charge >= 0.3 is 0 Å². The lowest BCUT2D eigenvalue weighted by Gasteiger charge is -2.26. The van der Waals surface area contributed by atoms with Crippen molar-refractivity contribution in [3.8, 4) is 0 Å². The van der Waals surface area contributed by atoms with E-state index < -0.39 is 0 Å². The van der Waals surface area contributed by atoms with E-state index in [1.807, 2.05) is 14.1 Å². The molecule has 0 saturated heterocycles. The van der Waals surface area contributed by atoms with E-state index in [0.29, 0.717) is 0 Å². The minimum Gasteiger partial charge on any atom is -0.368 e. The maximum Gasteiger partial charge on any atom is 0.191 e. The topological polar surface area (TPSA) is 92.1 Å². The number of anilines is 1. The van der Waals surface area contributed by atoms with Gasteiger partial charge in [0.15, 0.2) is 11.6 Å². The minimum absolute atomic E-state index is 0.738. The first-order valence-electron chi connectivity index (χ1n) is 9.98. The van der Waals surface area contributed by atoms with Gasteiger partial charge in [-0.15, -0.1) is 0 Å². The van der Waals surface area contributed by atoms with Gasteiger partial charge in [0.1, 0.15) is 12.1 Å². The third-order valence-corrected chi connectivity index (χ3v) is 5.35. The first kappa shape index (κ1) is 19.4. The van der Waals surface area contributed by atoms with Crippen LogP contribution in [0.2, 0.25) is 0 Å². The zero-order valence-electron chi connectivity index (χ0n) is 16.7. The second-order valence-electron chi connectivity index (χ2n) is 7.51. The molecule has 2 unspecified atom stereocenters. The van der Waals surface area contributed by atoms with Crippen LogP contribution in [0.15, 0.2) is 17.5 Å². The third-order valence-electron chi connectivity index (χ3n) is 5.35. The number of hydrogen-bond acceptors (Lipinski definition) is 5. The van der Waals surface area contributed by atoms with Crippen molar-refractivity contribution in [3.05, 3.63) is 12.5 Å². The van der Waals surface area contributed by atoms with E-state index in [9.17, 15) is 0 Å². The molecule has 0 bridgehead atoms. The molecular weight excluding hydrogens is 340 g/mol. The SMILES string of the molecule is CN=C(NCCNc1ncnc2c1cnn2C)NCCC1CCCC(C)C1. The number of aliphatic imine (C=N–C) groups is 1.